The minimum absolute atomic E-state index is 0.397. The molecule has 1 aromatic heterocycles. The van der Waals surface area contributed by atoms with E-state index in [9.17, 15) is 0 Å². The summed E-state index contributed by atoms with van der Waals surface area (Å²) >= 11 is 12.1. The van der Waals surface area contributed by atoms with Crippen LogP contribution in [0.1, 0.15) is 5.56 Å². The van der Waals surface area contributed by atoms with Gasteiger partial charge in [-0.2, -0.15) is 10.2 Å². The van der Waals surface area contributed by atoms with Crippen LogP contribution in [0.4, 0.5) is 23.1 Å². The number of nitriles is 1. The second kappa shape index (κ2) is 7.18. The maximum absolute atomic E-state index is 8.94. The molecular formula is C17H11Cl2N5. The summed E-state index contributed by atoms with van der Waals surface area (Å²) in [5, 5.41) is 16.2. The number of hydrogen-bond donors (Lipinski definition) is 2. The smallest absolute Gasteiger partial charge is 0.229 e. The molecule has 0 radical (unpaired) electrons. The van der Waals surface area contributed by atoms with Gasteiger partial charge in [0.15, 0.2) is 0 Å². The molecule has 118 valence electrons. The van der Waals surface area contributed by atoms with Crippen molar-refractivity contribution in [3.8, 4) is 6.07 Å². The molecule has 0 amide bonds. The molecule has 0 aliphatic heterocycles. The summed E-state index contributed by atoms with van der Waals surface area (Å²) in [6.07, 6.45) is 1.62. The molecule has 5 nitrogen and oxygen atoms in total. The van der Waals surface area contributed by atoms with Crippen molar-refractivity contribution in [1.29, 1.82) is 5.26 Å². The van der Waals surface area contributed by atoms with Crippen LogP contribution in [0.25, 0.3) is 0 Å². The van der Waals surface area contributed by atoms with Gasteiger partial charge in [0, 0.05) is 16.9 Å². The molecule has 0 aliphatic rings. The number of benzene rings is 2. The Hall–Kier alpha value is -2.81. The van der Waals surface area contributed by atoms with Crippen LogP contribution in [-0.2, 0) is 0 Å². The average molecular weight is 356 g/mol. The molecule has 24 heavy (non-hydrogen) atoms. The van der Waals surface area contributed by atoms with Crippen molar-refractivity contribution in [2.45, 2.75) is 0 Å². The Labute approximate surface area is 148 Å². The summed E-state index contributed by atoms with van der Waals surface area (Å²) in [6.45, 7) is 0. The third-order valence-electron chi connectivity index (χ3n) is 3.09. The van der Waals surface area contributed by atoms with E-state index >= 15 is 0 Å². The average Bonchev–Trinajstić information content (AvgIpc) is 2.59. The van der Waals surface area contributed by atoms with Crippen molar-refractivity contribution in [1.82, 2.24) is 9.97 Å². The lowest BCUT2D eigenvalue weighted by Gasteiger charge is -2.10. The monoisotopic (exact) mass is 355 g/mol. The van der Waals surface area contributed by atoms with Crippen molar-refractivity contribution in [2.75, 3.05) is 10.6 Å². The number of nitrogens with zero attached hydrogens (tertiary/aromatic N) is 3. The van der Waals surface area contributed by atoms with E-state index in [1.165, 1.54) is 0 Å². The van der Waals surface area contributed by atoms with Crippen LogP contribution in [0.3, 0.4) is 0 Å². The first-order chi connectivity index (χ1) is 11.6. The zero-order valence-electron chi connectivity index (χ0n) is 12.3. The topological polar surface area (TPSA) is 73.6 Å². The Bertz CT molecular complexity index is 921. The molecular weight excluding hydrogens is 345 g/mol. The highest BCUT2D eigenvalue weighted by atomic mass is 35.5. The number of anilines is 4. The fourth-order valence-electron chi connectivity index (χ4n) is 2.02. The molecule has 0 fully saturated rings. The molecule has 2 aromatic carbocycles. The second-order valence-corrected chi connectivity index (χ2v) is 5.68. The van der Waals surface area contributed by atoms with E-state index in [-0.39, 0.29) is 0 Å². The van der Waals surface area contributed by atoms with Crippen molar-refractivity contribution in [3.05, 3.63) is 70.3 Å². The fourth-order valence-corrected chi connectivity index (χ4v) is 2.35. The van der Waals surface area contributed by atoms with Gasteiger partial charge < -0.3 is 10.6 Å². The van der Waals surface area contributed by atoms with Gasteiger partial charge in [-0.3, -0.25) is 0 Å². The largest absolute Gasteiger partial charge is 0.339 e. The standard InChI is InChI=1S/C17H11Cl2N5/c18-12-4-5-14(19)15(9-12)23-16-6-7-21-17(24-16)22-13-3-1-2-11(8-13)10-20/h1-9H,(H2,21,22,23,24). The van der Waals surface area contributed by atoms with Crippen LogP contribution >= 0.6 is 23.2 Å². The van der Waals surface area contributed by atoms with Crippen LogP contribution in [0.2, 0.25) is 10.0 Å². The zero-order chi connectivity index (χ0) is 16.9. The fraction of sp³-hybridized carbons (Fsp3) is 0. The predicted molar refractivity (Wildman–Crippen MR) is 96.2 cm³/mol. The molecule has 0 saturated heterocycles. The normalized spacial score (nSPS) is 10.0. The number of hydrogen-bond acceptors (Lipinski definition) is 5. The minimum Gasteiger partial charge on any atom is -0.339 e. The molecule has 3 rings (SSSR count). The lowest BCUT2D eigenvalue weighted by molar-refractivity contribution is 1.16. The quantitative estimate of drug-likeness (QED) is 0.677. The van der Waals surface area contributed by atoms with E-state index < -0.39 is 0 Å². The van der Waals surface area contributed by atoms with Gasteiger partial charge in [0.2, 0.25) is 5.95 Å². The molecule has 0 unspecified atom stereocenters. The highest BCUT2D eigenvalue weighted by Gasteiger charge is 2.05. The van der Waals surface area contributed by atoms with E-state index in [2.05, 4.69) is 26.7 Å². The summed E-state index contributed by atoms with van der Waals surface area (Å²) in [5.74, 6) is 0.960. The van der Waals surface area contributed by atoms with Gasteiger partial charge in [-0.25, -0.2) is 4.98 Å². The Kier molecular flexibility index (Phi) is 4.80. The molecule has 7 heteroatoms. The highest BCUT2D eigenvalue weighted by molar-refractivity contribution is 6.35. The summed E-state index contributed by atoms with van der Waals surface area (Å²) in [4.78, 5) is 8.54. The maximum atomic E-state index is 8.94. The molecule has 2 N–H and O–H groups in total. The van der Waals surface area contributed by atoms with Crippen molar-refractivity contribution in [2.24, 2.45) is 0 Å². The van der Waals surface area contributed by atoms with E-state index in [1.807, 2.05) is 6.07 Å². The Morgan fingerprint density at radius 1 is 1.00 bits per heavy atom. The van der Waals surface area contributed by atoms with Gasteiger partial charge >= 0.3 is 0 Å². The lowest BCUT2D eigenvalue weighted by atomic mass is 10.2. The van der Waals surface area contributed by atoms with Gasteiger partial charge in [-0.1, -0.05) is 29.3 Å². The molecule has 0 bridgehead atoms. The lowest BCUT2D eigenvalue weighted by Crippen LogP contribution is -2.00. The van der Waals surface area contributed by atoms with Gasteiger partial charge in [0.1, 0.15) is 5.82 Å². The van der Waals surface area contributed by atoms with E-state index in [0.29, 0.717) is 33.1 Å². The van der Waals surface area contributed by atoms with Gasteiger partial charge in [0.25, 0.3) is 0 Å². The molecule has 0 aliphatic carbocycles. The predicted octanol–water partition coefficient (Wildman–Crippen LogP) is 5.14. The first kappa shape index (κ1) is 16.1. The Morgan fingerprint density at radius 2 is 1.88 bits per heavy atom. The van der Waals surface area contributed by atoms with E-state index in [0.717, 1.165) is 5.69 Å². The number of aromatic nitrogens is 2. The van der Waals surface area contributed by atoms with E-state index in [1.54, 1.807) is 48.7 Å². The van der Waals surface area contributed by atoms with Gasteiger partial charge in [-0.15, -0.1) is 0 Å². The van der Waals surface area contributed by atoms with Gasteiger partial charge in [-0.05, 0) is 42.5 Å². The number of nitrogens with one attached hydrogen (secondary N) is 2. The first-order valence-corrected chi connectivity index (χ1v) is 7.72. The molecule has 0 atom stereocenters. The number of rotatable bonds is 4. The van der Waals surface area contributed by atoms with Crippen LogP contribution in [-0.4, -0.2) is 9.97 Å². The van der Waals surface area contributed by atoms with E-state index in [4.69, 9.17) is 28.5 Å². The first-order valence-electron chi connectivity index (χ1n) is 6.96. The van der Waals surface area contributed by atoms with Gasteiger partial charge in [0.05, 0.1) is 22.3 Å². The SMILES string of the molecule is N#Cc1cccc(Nc2nccc(Nc3cc(Cl)ccc3Cl)n2)c1. The maximum Gasteiger partial charge on any atom is 0.229 e. The molecule has 0 saturated carbocycles. The Balaban J connectivity index is 1.81. The van der Waals surface area contributed by atoms with Crippen LogP contribution in [0.5, 0.6) is 0 Å². The zero-order valence-corrected chi connectivity index (χ0v) is 13.8. The molecule has 3 aromatic rings. The molecule has 0 spiro atoms. The Morgan fingerprint density at radius 3 is 2.71 bits per heavy atom. The van der Waals surface area contributed by atoms with Crippen molar-refractivity contribution >= 4 is 46.3 Å². The summed E-state index contributed by atoms with van der Waals surface area (Å²) < 4.78 is 0. The van der Waals surface area contributed by atoms with Crippen molar-refractivity contribution in [3.63, 3.8) is 0 Å². The third-order valence-corrected chi connectivity index (χ3v) is 3.66. The van der Waals surface area contributed by atoms with Crippen LogP contribution in [0, 0.1) is 11.3 Å². The highest BCUT2D eigenvalue weighted by Crippen LogP contribution is 2.28. The van der Waals surface area contributed by atoms with Crippen LogP contribution in [0.15, 0.2) is 54.7 Å². The van der Waals surface area contributed by atoms with Crippen molar-refractivity contribution < 1.29 is 0 Å². The summed E-state index contributed by atoms with van der Waals surface area (Å²) in [5.41, 5.74) is 1.94. The minimum atomic E-state index is 0.397. The summed E-state index contributed by atoms with van der Waals surface area (Å²) in [7, 11) is 0. The third kappa shape index (κ3) is 3.93. The van der Waals surface area contributed by atoms with Crippen LogP contribution < -0.4 is 10.6 Å². The summed E-state index contributed by atoms with van der Waals surface area (Å²) in [6, 6.07) is 16.0. The molecule has 1 heterocycles. The number of halogens is 2. The second-order valence-electron chi connectivity index (χ2n) is 4.83.